The SMILES string of the molecule is Cn1cc(C(NC(=O)CC2CCCNC2)C(=O)O)cn1. The molecule has 0 aliphatic carbocycles. The third-order valence-electron chi connectivity index (χ3n) is 3.48. The monoisotopic (exact) mass is 280 g/mol. The molecule has 1 fully saturated rings. The molecule has 2 atom stereocenters. The van der Waals surface area contributed by atoms with Crippen molar-refractivity contribution in [3.8, 4) is 0 Å². The van der Waals surface area contributed by atoms with Crippen LogP contribution in [0.1, 0.15) is 30.9 Å². The second-order valence-electron chi connectivity index (χ2n) is 5.20. The van der Waals surface area contributed by atoms with E-state index in [1.807, 2.05) is 0 Å². The lowest BCUT2D eigenvalue weighted by molar-refractivity contribution is -0.142. The maximum atomic E-state index is 12.0. The number of carbonyl (C=O) groups is 2. The van der Waals surface area contributed by atoms with Gasteiger partial charge in [-0.15, -0.1) is 0 Å². The van der Waals surface area contributed by atoms with Gasteiger partial charge in [-0.05, 0) is 31.8 Å². The normalized spacial score (nSPS) is 20.4. The third kappa shape index (κ3) is 3.80. The summed E-state index contributed by atoms with van der Waals surface area (Å²) >= 11 is 0. The average molecular weight is 280 g/mol. The Balaban J connectivity index is 1.94. The van der Waals surface area contributed by atoms with E-state index >= 15 is 0 Å². The molecule has 2 heterocycles. The summed E-state index contributed by atoms with van der Waals surface area (Å²) in [5.41, 5.74) is 0.482. The van der Waals surface area contributed by atoms with Gasteiger partial charge in [-0.1, -0.05) is 0 Å². The molecule has 0 bridgehead atoms. The van der Waals surface area contributed by atoms with Crippen LogP contribution in [0.2, 0.25) is 0 Å². The van der Waals surface area contributed by atoms with Crippen LogP contribution < -0.4 is 10.6 Å². The zero-order valence-corrected chi connectivity index (χ0v) is 11.5. The van der Waals surface area contributed by atoms with Crippen LogP contribution in [0.4, 0.5) is 0 Å². The number of nitrogens with zero attached hydrogens (tertiary/aromatic N) is 2. The molecule has 20 heavy (non-hydrogen) atoms. The van der Waals surface area contributed by atoms with E-state index in [9.17, 15) is 14.7 Å². The summed E-state index contributed by atoms with van der Waals surface area (Å²) < 4.78 is 1.52. The van der Waals surface area contributed by atoms with Crippen LogP contribution in [0.3, 0.4) is 0 Å². The van der Waals surface area contributed by atoms with Crippen molar-refractivity contribution >= 4 is 11.9 Å². The van der Waals surface area contributed by atoms with Crippen molar-refractivity contribution in [2.24, 2.45) is 13.0 Å². The summed E-state index contributed by atoms with van der Waals surface area (Å²) in [6.07, 6.45) is 5.48. The summed E-state index contributed by atoms with van der Waals surface area (Å²) in [5, 5.41) is 19.0. The van der Waals surface area contributed by atoms with Gasteiger partial charge in [-0.25, -0.2) is 4.79 Å². The largest absolute Gasteiger partial charge is 0.479 e. The second kappa shape index (κ2) is 6.51. The predicted molar refractivity (Wildman–Crippen MR) is 71.9 cm³/mol. The van der Waals surface area contributed by atoms with E-state index < -0.39 is 12.0 Å². The number of carboxylic acids is 1. The smallest absolute Gasteiger partial charge is 0.331 e. The molecule has 2 rings (SSSR count). The minimum atomic E-state index is -1.08. The Hall–Kier alpha value is -1.89. The van der Waals surface area contributed by atoms with Crippen molar-refractivity contribution in [3.63, 3.8) is 0 Å². The Morgan fingerprint density at radius 2 is 2.45 bits per heavy atom. The lowest BCUT2D eigenvalue weighted by atomic mass is 9.95. The summed E-state index contributed by atoms with van der Waals surface area (Å²) in [4.78, 5) is 23.2. The van der Waals surface area contributed by atoms with Crippen LogP contribution in [-0.2, 0) is 16.6 Å². The van der Waals surface area contributed by atoms with Gasteiger partial charge in [0.2, 0.25) is 5.91 Å². The van der Waals surface area contributed by atoms with E-state index in [1.165, 1.54) is 10.9 Å². The first-order valence-corrected chi connectivity index (χ1v) is 6.77. The van der Waals surface area contributed by atoms with Crippen LogP contribution in [-0.4, -0.2) is 39.9 Å². The van der Waals surface area contributed by atoms with E-state index in [1.54, 1.807) is 13.2 Å². The Kier molecular flexibility index (Phi) is 4.73. The van der Waals surface area contributed by atoms with Gasteiger partial charge in [-0.2, -0.15) is 5.10 Å². The molecule has 7 heteroatoms. The van der Waals surface area contributed by atoms with Crippen molar-refractivity contribution in [1.82, 2.24) is 20.4 Å². The maximum absolute atomic E-state index is 12.0. The van der Waals surface area contributed by atoms with Gasteiger partial charge in [0.15, 0.2) is 6.04 Å². The molecule has 1 aliphatic heterocycles. The predicted octanol–water partition coefficient (Wildman–Crippen LogP) is 0.0517. The number of aromatic nitrogens is 2. The first-order chi connectivity index (χ1) is 9.56. The number of amides is 1. The molecule has 3 N–H and O–H groups in total. The molecule has 0 saturated carbocycles. The van der Waals surface area contributed by atoms with Gasteiger partial charge in [0, 0.05) is 25.2 Å². The minimum Gasteiger partial charge on any atom is -0.479 e. The summed E-state index contributed by atoms with van der Waals surface area (Å²) in [7, 11) is 1.71. The fraction of sp³-hybridized carbons (Fsp3) is 0.615. The van der Waals surface area contributed by atoms with Crippen molar-refractivity contribution in [2.75, 3.05) is 13.1 Å². The van der Waals surface area contributed by atoms with Crippen LogP contribution in [0.25, 0.3) is 0 Å². The van der Waals surface area contributed by atoms with Crippen molar-refractivity contribution in [3.05, 3.63) is 18.0 Å². The fourth-order valence-electron chi connectivity index (χ4n) is 2.46. The molecule has 1 aromatic heterocycles. The number of carbonyl (C=O) groups excluding carboxylic acids is 1. The standard InChI is InChI=1S/C13H20N4O3/c1-17-8-10(7-15-17)12(13(19)20)16-11(18)5-9-3-2-4-14-6-9/h7-9,12,14H,2-6H2,1H3,(H,16,18)(H,19,20). The van der Waals surface area contributed by atoms with E-state index in [0.717, 1.165) is 25.9 Å². The lowest BCUT2D eigenvalue weighted by Crippen LogP contribution is -2.37. The lowest BCUT2D eigenvalue weighted by Gasteiger charge is -2.23. The van der Waals surface area contributed by atoms with Gasteiger partial charge in [0.05, 0.1) is 6.20 Å². The molecule has 0 radical (unpaired) electrons. The minimum absolute atomic E-state index is 0.227. The number of aryl methyl sites for hydroxylation is 1. The van der Waals surface area contributed by atoms with Crippen LogP contribution in [0, 0.1) is 5.92 Å². The number of hydrogen-bond donors (Lipinski definition) is 3. The second-order valence-corrected chi connectivity index (χ2v) is 5.20. The van der Waals surface area contributed by atoms with Crippen LogP contribution in [0.5, 0.6) is 0 Å². The molecule has 1 saturated heterocycles. The number of hydrogen-bond acceptors (Lipinski definition) is 4. The van der Waals surface area contributed by atoms with Crippen molar-refractivity contribution in [1.29, 1.82) is 0 Å². The molecule has 7 nitrogen and oxygen atoms in total. The van der Waals surface area contributed by atoms with Gasteiger partial charge in [0.25, 0.3) is 0 Å². The first kappa shape index (κ1) is 14.5. The van der Waals surface area contributed by atoms with Crippen molar-refractivity contribution < 1.29 is 14.7 Å². The molecule has 1 aliphatic rings. The quantitative estimate of drug-likeness (QED) is 0.708. The van der Waals surface area contributed by atoms with Gasteiger partial charge in [-0.3, -0.25) is 9.48 Å². The zero-order chi connectivity index (χ0) is 14.5. The molecular formula is C13H20N4O3. The number of rotatable bonds is 5. The highest BCUT2D eigenvalue weighted by Crippen LogP contribution is 2.16. The molecule has 1 aromatic rings. The fourth-order valence-corrected chi connectivity index (χ4v) is 2.46. The molecule has 110 valence electrons. The third-order valence-corrected chi connectivity index (χ3v) is 3.48. The number of piperidine rings is 1. The summed E-state index contributed by atoms with van der Waals surface area (Å²) in [5.74, 6) is -1.02. The van der Waals surface area contributed by atoms with Crippen LogP contribution in [0.15, 0.2) is 12.4 Å². The van der Waals surface area contributed by atoms with E-state index in [4.69, 9.17) is 0 Å². The number of aliphatic carboxylic acids is 1. The molecule has 2 unspecified atom stereocenters. The van der Waals surface area contributed by atoms with E-state index in [-0.39, 0.29) is 11.8 Å². The van der Waals surface area contributed by atoms with Crippen LogP contribution >= 0.6 is 0 Å². The summed E-state index contributed by atoms with van der Waals surface area (Å²) in [6.45, 7) is 1.81. The first-order valence-electron chi connectivity index (χ1n) is 6.77. The average Bonchev–Trinajstić information content (AvgIpc) is 2.83. The van der Waals surface area contributed by atoms with E-state index in [0.29, 0.717) is 12.0 Å². The summed E-state index contributed by atoms with van der Waals surface area (Å²) in [6, 6.07) is -1.03. The Morgan fingerprint density at radius 3 is 3.00 bits per heavy atom. The topological polar surface area (TPSA) is 96.2 Å². The highest BCUT2D eigenvalue weighted by atomic mass is 16.4. The van der Waals surface area contributed by atoms with Crippen molar-refractivity contribution in [2.45, 2.75) is 25.3 Å². The van der Waals surface area contributed by atoms with Gasteiger partial charge in [0.1, 0.15) is 0 Å². The molecular weight excluding hydrogens is 260 g/mol. The maximum Gasteiger partial charge on any atom is 0.331 e. The van der Waals surface area contributed by atoms with Gasteiger partial charge >= 0.3 is 5.97 Å². The molecule has 0 aromatic carbocycles. The molecule has 0 spiro atoms. The Labute approximate surface area is 117 Å². The number of carboxylic acid groups (broad SMARTS) is 1. The zero-order valence-electron chi connectivity index (χ0n) is 11.5. The van der Waals surface area contributed by atoms with E-state index in [2.05, 4.69) is 15.7 Å². The highest BCUT2D eigenvalue weighted by Gasteiger charge is 2.25. The highest BCUT2D eigenvalue weighted by molar-refractivity contribution is 5.84. The number of nitrogens with one attached hydrogen (secondary N) is 2. The Bertz CT molecular complexity index is 480. The van der Waals surface area contributed by atoms with Gasteiger partial charge < -0.3 is 15.7 Å². The Morgan fingerprint density at radius 1 is 1.65 bits per heavy atom. The molecule has 1 amide bonds.